The molecular weight excluding hydrogens is 192 g/mol. The van der Waals surface area contributed by atoms with Crippen LogP contribution in [-0.4, -0.2) is 21.3 Å². The van der Waals surface area contributed by atoms with Gasteiger partial charge < -0.3 is 5.11 Å². The Balaban J connectivity index is 3.01. The van der Waals surface area contributed by atoms with E-state index in [2.05, 4.69) is 10.2 Å². The molecule has 5 heteroatoms. The van der Waals surface area contributed by atoms with Gasteiger partial charge in [-0.15, -0.1) is 0 Å². The number of hydrogen-bond acceptors (Lipinski definition) is 2. The van der Waals surface area contributed by atoms with Crippen LogP contribution >= 0.6 is 11.6 Å². The lowest BCUT2D eigenvalue weighted by atomic mass is 10.0. The molecule has 0 aliphatic heterocycles. The standard InChI is InChI=1S/C8H11ClN2O2/c1-4(2)7-5(3-6(12)13)8(9)11-10-7/h4H,3H2,1-2H3,(H,10,11)(H,12,13). The molecule has 0 saturated heterocycles. The van der Waals surface area contributed by atoms with Crippen molar-refractivity contribution in [1.82, 2.24) is 10.2 Å². The molecule has 0 fully saturated rings. The molecule has 0 aliphatic carbocycles. The van der Waals surface area contributed by atoms with Gasteiger partial charge in [0.1, 0.15) is 0 Å². The first-order valence-corrected chi connectivity index (χ1v) is 4.34. The number of rotatable bonds is 3. The number of carboxylic acid groups (broad SMARTS) is 1. The van der Waals surface area contributed by atoms with Crippen molar-refractivity contribution in [3.05, 3.63) is 16.4 Å². The van der Waals surface area contributed by atoms with E-state index in [1.54, 1.807) is 0 Å². The molecule has 0 bridgehead atoms. The molecule has 0 aromatic carbocycles. The van der Waals surface area contributed by atoms with Gasteiger partial charge in [-0.2, -0.15) is 5.10 Å². The summed E-state index contributed by atoms with van der Waals surface area (Å²) >= 11 is 5.73. The van der Waals surface area contributed by atoms with Crippen molar-refractivity contribution in [2.45, 2.75) is 26.2 Å². The molecule has 0 atom stereocenters. The van der Waals surface area contributed by atoms with Crippen molar-refractivity contribution in [1.29, 1.82) is 0 Å². The zero-order valence-corrected chi connectivity index (χ0v) is 8.22. The Bertz CT molecular complexity index is 320. The van der Waals surface area contributed by atoms with Gasteiger partial charge in [0.2, 0.25) is 0 Å². The van der Waals surface area contributed by atoms with E-state index < -0.39 is 5.97 Å². The van der Waals surface area contributed by atoms with Crippen LogP contribution in [0.3, 0.4) is 0 Å². The van der Waals surface area contributed by atoms with Crippen molar-refractivity contribution in [3.8, 4) is 0 Å². The van der Waals surface area contributed by atoms with Crippen LogP contribution in [0, 0.1) is 0 Å². The van der Waals surface area contributed by atoms with Crippen LogP contribution in [0.1, 0.15) is 31.0 Å². The van der Waals surface area contributed by atoms with E-state index in [4.69, 9.17) is 16.7 Å². The molecule has 0 unspecified atom stereocenters. The van der Waals surface area contributed by atoms with Gasteiger partial charge >= 0.3 is 5.97 Å². The summed E-state index contributed by atoms with van der Waals surface area (Å²) in [6, 6.07) is 0. The van der Waals surface area contributed by atoms with Crippen LogP contribution in [0.25, 0.3) is 0 Å². The van der Waals surface area contributed by atoms with Gasteiger partial charge in [-0.3, -0.25) is 9.89 Å². The summed E-state index contributed by atoms with van der Waals surface area (Å²) in [5.74, 6) is -0.695. The highest BCUT2D eigenvalue weighted by Gasteiger charge is 2.16. The lowest BCUT2D eigenvalue weighted by Crippen LogP contribution is -2.03. The second kappa shape index (κ2) is 3.79. The van der Waals surface area contributed by atoms with E-state index in [-0.39, 0.29) is 17.5 Å². The molecule has 0 amide bonds. The summed E-state index contributed by atoms with van der Waals surface area (Å²) in [6.45, 7) is 3.91. The van der Waals surface area contributed by atoms with E-state index in [9.17, 15) is 4.79 Å². The minimum atomic E-state index is -0.898. The first kappa shape index (κ1) is 10.1. The summed E-state index contributed by atoms with van der Waals surface area (Å²) in [6.07, 6.45) is -0.0805. The minimum Gasteiger partial charge on any atom is -0.481 e. The summed E-state index contributed by atoms with van der Waals surface area (Å²) in [7, 11) is 0. The fraction of sp³-hybridized carbons (Fsp3) is 0.500. The van der Waals surface area contributed by atoms with Crippen molar-refractivity contribution in [2.75, 3.05) is 0 Å². The molecule has 2 N–H and O–H groups in total. The van der Waals surface area contributed by atoms with E-state index in [1.165, 1.54) is 0 Å². The van der Waals surface area contributed by atoms with Gasteiger partial charge in [0.15, 0.2) is 5.15 Å². The van der Waals surface area contributed by atoms with E-state index in [0.717, 1.165) is 5.69 Å². The Labute approximate surface area is 80.9 Å². The van der Waals surface area contributed by atoms with Crippen molar-refractivity contribution in [3.63, 3.8) is 0 Å². The number of aliphatic carboxylic acids is 1. The maximum atomic E-state index is 10.5. The van der Waals surface area contributed by atoms with Crippen LogP contribution in [0.5, 0.6) is 0 Å². The smallest absolute Gasteiger partial charge is 0.308 e. The second-order valence-electron chi connectivity index (χ2n) is 3.13. The molecule has 4 nitrogen and oxygen atoms in total. The summed E-state index contributed by atoms with van der Waals surface area (Å²) in [4.78, 5) is 10.5. The van der Waals surface area contributed by atoms with Gasteiger partial charge in [-0.1, -0.05) is 25.4 Å². The fourth-order valence-electron chi connectivity index (χ4n) is 1.15. The predicted octanol–water partition coefficient (Wildman–Crippen LogP) is 1.81. The number of halogens is 1. The van der Waals surface area contributed by atoms with Crippen LogP contribution in [-0.2, 0) is 11.2 Å². The molecule has 0 radical (unpaired) electrons. The lowest BCUT2D eigenvalue weighted by Gasteiger charge is -2.03. The number of carboxylic acids is 1. The zero-order valence-electron chi connectivity index (χ0n) is 7.47. The monoisotopic (exact) mass is 202 g/mol. The van der Waals surface area contributed by atoms with Crippen LogP contribution in [0.4, 0.5) is 0 Å². The quantitative estimate of drug-likeness (QED) is 0.786. The number of nitrogens with one attached hydrogen (secondary N) is 1. The molecule has 1 heterocycles. The molecule has 0 spiro atoms. The third-order valence-corrected chi connectivity index (χ3v) is 2.07. The third kappa shape index (κ3) is 2.21. The highest BCUT2D eigenvalue weighted by Crippen LogP contribution is 2.23. The normalized spacial score (nSPS) is 10.8. The highest BCUT2D eigenvalue weighted by atomic mass is 35.5. The Morgan fingerprint density at radius 1 is 1.69 bits per heavy atom. The second-order valence-corrected chi connectivity index (χ2v) is 3.49. The summed E-state index contributed by atoms with van der Waals surface area (Å²) in [5.41, 5.74) is 1.39. The number of aromatic nitrogens is 2. The van der Waals surface area contributed by atoms with Gasteiger partial charge in [-0.25, -0.2) is 0 Å². The number of aromatic amines is 1. The first-order valence-electron chi connectivity index (χ1n) is 3.96. The number of H-pyrrole nitrogens is 1. The number of carbonyl (C=O) groups is 1. The molecule has 1 aromatic rings. The van der Waals surface area contributed by atoms with Crippen molar-refractivity contribution < 1.29 is 9.90 Å². The van der Waals surface area contributed by atoms with Gasteiger partial charge in [0.25, 0.3) is 0 Å². The average Bonchev–Trinajstić information content (AvgIpc) is 2.32. The van der Waals surface area contributed by atoms with Gasteiger partial charge in [-0.05, 0) is 5.92 Å². The first-order chi connectivity index (χ1) is 6.02. The van der Waals surface area contributed by atoms with Crippen molar-refractivity contribution in [2.24, 2.45) is 0 Å². The van der Waals surface area contributed by atoms with Crippen LogP contribution in [0.15, 0.2) is 0 Å². The summed E-state index contributed by atoms with van der Waals surface area (Å²) < 4.78 is 0. The van der Waals surface area contributed by atoms with E-state index in [0.29, 0.717) is 5.56 Å². The molecule has 72 valence electrons. The zero-order chi connectivity index (χ0) is 10.0. The minimum absolute atomic E-state index is 0.0805. The Hall–Kier alpha value is -1.03. The highest BCUT2D eigenvalue weighted by molar-refractivity contribution is 6.30. The molecule has 0 aliphatic rings. The predicted molar refractivity (Wildman–Crippen MR) is 49.0 cm³/mol. The number of nitrogens with zero attached hydrogens (tertiary/aromatic N) is 1. The molecule has 1 rings (SSSR count). The topological polar surface area (TPSA) is 66.0 Å². The molecule has 13 heavy (non-hydrogen) atoms. The average molecular weight is 203 g/mol. The van der Waals surface area contributed by atoms with E-state index >= 15 is 0 Å². The summed E-state index contributed by atoms with van der Waals surface area (Å²) in [5, 5.41) is 15.4. The molecule has 1 aromatic heterocycles. The van der Waals surface area contributed by atoms with E-state index in [1.807, 2.05) is 13.8 Å². The van der Waals surface area contributed by atoms with Crippen LogP contribution < -0.4 is 0 Å². The fourth-order valence-corrected chi connectivity index (χ4v) is 1.36. The molecule has 0 saturated carbocycles. The van der Waals surface area contributed by atoms with Crippen LogP contribution in [0.2, 0.25) is 5.15 Å². The SMILES string of the molecule is CC(C)c1[nH]nc(Cl)c1CC(=O)O. The molecular formula is C8H11ClN2O2. The third-order valence-electron chi connectivity index (χ3n) is 1.75. The van der Waals surface area contributed by atoms with Gasteiger partial charge in [0.05, 0.1) is 6.42 Å². The van der Waals surface area contributed by atoms with Gasteiger partial charge in [0, 0.05) is 11.3 Å². The Morgan fingerprint density at radius 2 is 2.31 bits per heavy atom. The largest absolute Gasteiger partial charge is 0.481 e. The number of hydrogen-bond donors (Lipinski definition) is 2. The lowest BCUT2D eigenvalue weighted by molar-refractivity contribution is -0.136. The van der Waals surface area contributed by atoms with Crippen molar-refractivity contribution >= 4 is 17.6 Å². The maximum absolute atomic E-state index is 10.5. The maximum Gasteiger partial charge on any atom is 0.308 e. The Morgan fingerprint density at radius 3 is 2.77 bits per heavy atom. The Kier molecular flexibility index (Phi) is 2.93.